The summed E-state index contributed by atoms with van der Waals surface area (Å²) in [6.07, 6.45) is 4.81. The van der Waals surface area contributed by atoms with Crippen LogP contribution in [0.2, 0.25) is 0 Å². The highest BCUT2D eigenvalue weighted by molar-refractivity contribution is 7.29. The molecule has 11 rings (SSSR count). The first-order valence-electron chi connectivity index (χ1n) is 23.6. The lowest BCUT2D eigenvalue weighted by Gasteiger charge is -2.44. The van der Waals surface area contributed by atoms with Crippen LogP contribution in [0.1, 0.15) is 114 Å². The van der Waals surface area contributed by atoms with Gasteiger partial charge in [0.1, 0.15) is 0 Å². The summed E-state index contributed by atoms with van der Waals surface area (Å²) in [5.41, 5.74) is 21.8. The molecule has 8 aromatic rings. The van der Waals surface area contributed by atoms with Crippen molar-refractivity contribution in [2.24, 2.45) is 0 Å². The molecule has 0 amide bonds. The highest BCUT2D eigenvalue weighted by Crippen LogP contribution is 2.54. The standard InChI is InChI=1S/C60H61BN2S/c1-36-30-44(43-25-22-40-18-14-15-19-42(40)54(43)62-41-23-20-39(21-24-41)38-16-12-11-13-17-38)53-51(31-36)63(50-34-48-46(32-37(50)2)57(3,4)26-28-59(48,7)8)55-45-33-47-49(35-52(45)64-56(55)61-53)60(9,10)29-27-58(47,5)6/h11-25,30-35,61-62H,26-29H2,1-10H3. The van der Waals surface area contributed by atoms with E-state index in [2.05, 4.69) is 207 Å². The molecule has 0 atom stereocenters. The molecule has 3 aliphatic rings. The van der Waals surface area contributed by atoms with E-state index in [-0.39, 0.29) is 21.7 Å². The lowest BCUT2D eigenvalue weighted by Crippen LogP contribution is -2.40. The fourth-order valence-electron chi connectivity index (χ4n) is 11.6. The smallest absolute Gasteiger partial charge is 0.211 e. The van der Waals surface area contributed by atoms with E-state index in [4.69, 9.17) is 0 Å². The fourth-order valence-corrected chi connectivity index (χ4v) is 12.8. The molecule has 4 heteroatoms. The fraction of sp³-hybridized carbons (Fsp3) is 0.300. The van der Waals surface area contributed by atoms with E-state index < -0.39 is 0 Å². The van der Waals surface area contributed by atoms with Crippen molar-refractivity contribution in [3.05, 3.63) is 161 Å². The third-order valence-corrected chi connectivity index (χ3v) is 16.9. The van der Waals surface area contributed by atoms with E-state index in [0.717, 1.165) is 18.7 Å². The third-order valence-electron chi connectivity index (χ3n) is 15.8. The maximum atomic E-state index is 4.00. The molecule has 0 radical (unpaired) electrons. The zero-order valence-electron chi connectivity index (χ0n) is 39.5. The van der Waals surface area contributed by atoms with Crippen molar-refractivity contribution in [3.63, 3.8) is 0 Å². The second-order valence-corrected chi connectivity index (χ2v) is 23.2. The highest BCUT2D eigenvalue weighted by Gasteiger charge is 2.41. The first-order valence-corrected chi connectivity index (χ1v) is 24.5. The predicted octanol–water partition coefficient (Wildman–Crippen LogP) is 15.6. The number of hydrogen-bond donors (Lipinski definition) is 1. The van der Waals surface area contributed by atoms with E-state index in [9.17, 15) is 0 Å². The molecule has 1 aliphatic heterocycles. The number of aryl methyl sites for hydroxylation is 2. The topological polar surface area (TPSA) is 15.3 Å². The summed E-state index contributed by atoms with van der Waals surface area (Å²) in [6.45, 7) is 24.4. The summed E-state index contributed by atoms with van der Waals surface area (Å²) in [6, 6.07) is 48.5. The quantitative estimate of drug-likeness (QED) is 0.174. The molecule has 1 aromatic heterocycles. The average Bonchev–Trinajstić information content (AvgIpc) is 3.63. The number of benzene rings is 7. The normalized spacial score (nSPS) is 17.6. The van der Waals surface area contributed by atoms with Crippen molar-refractivity contribution in [2.75, 3.05) is 10.2 Å². The number of nitrogens with one attached hydrogen (secondary N) is 1. The van der Waals surface area contributed by atoms with Crippen molar-refractivity contribution < 1.29 is 0 Å². The van der Waals surface area contributed by atoms with Crippen LogP contribution in [0.25, 0.3) is 43.1 Å². The van der Waals surface area contributed by atoms with Gasteiger partial charge >= 0.3 is 0 Å². The van der Waals surface area contributed by atoms with Crippen molar-refractivity contribution in [1.82, 2.24) is 0 Å². The predicted molar refractivity (Wildman–Crippen MR) is 281 cm³/mol. The van der Waals surface area contributed by atoms with Crippen LogP contribution in [0.5, 0.6) is 0 Å². The van der Waals surface area contributed by atoms with Gasteiger partial charge in [0, 0.05) is 38.1 Å². The average molecular weight is 853 g/mol. The van der Waals surface area contributed by atoms with Crippen LogP contribution >= 0.6 is 11.3 Å². The second kappa shape index (κ2) is 14.5. The van der Waals surface area contributed by atoms with Gasteiger partial charge in [-0.2, -0.15) is 0 Å². The monoisotopic (exact) mass is 852 g/mol. The maximum Gasteiger partial charge on any atom is 0.211 e. The number of rotatable bonds is 5. The number of fused-ring (bicyclic) bond motifs is 7. The largest absolute Gasteiger partial charge is 0.355 e. The van der Waals surface area contributed by atoms with Gasteiger partial charge in [0.2, 0.25) is 7.28 Å². The van der Waals surface area contributed by atoms with Crippen molar-refractivity contribution >= 4 is 78.2 Å². The van der Waals surface area contributed by atoms with Crippen LogP contribution in [-0.2, 0) is 21.7 Å². The molecule has 1 N–H and O–H groups in total. The first kappa shape index (κ1) is 41.2. The number of thiophene rings is 1. The Hall–Kier alpha value is -5.58. The van der Waals surface area contributed by atoms with Gasteiger partial charge in [-0.05, 0) is 163 Å². The molecule has 2 heterocycles. The molecule has 64 heavy (non-hydrogen) atoms. The van der Waals surface area contributed by atoms with Crippen molar-refractivity contribution in [2.45, 2.75) is 117 Å². The summed E-state index contributed by atoms with van der Waals surface area (Å²) >= 11 is 2.03. The Kier molecular flexibility index (Phi) is 9.30. The minimum Gasteiger partial charge on any atom is -0.355 e. The molecule has 0 fully saturated rings. The Morgan fingerprint density at radius 1 is 0.531 bits per heavy atom. The third kappa shape index (κ3) is 6.57. The summed E-state index contributed by atoms with van der Waals surface area (Å²) < 4.78 is 2.86. The molecule has 0 unspecified atom stereocenters. The summed E-state index contributed by atoms with van der Waals surface area (Å²) in [7, 11) is 0.883. The van der Waals surface area contributed by atoms with Gasteiger partial charge in [0.25, 0.3) is 0 Å². The van der Waals surface area contributed by atoms with E-state index in [1.807, 2.05) is 11.3 Å². The van der Waals surface area contributed by atoms with Gasteiger partial charge in [0.05, 0.1) is 11.4 Å². The van der Waals surface area contributed by atoms with Crippen LogP contribution in [0.15, 0.2) is 127 Å². The Bertz CT molecular complexity index is 3180. The van der Waals surface area contributed by atoms with E-state index >= 15 is 0 Å². The molecule has 0 saturated heterocycles. The minimum absolute atomic E-state index is 0.0862. The summed E-state index contributed by atoms with van der Waals surface area (Å²) in [5.74, 6) is 0. The number of anilines is 5. The molecule has 2 nitrogen and oxygen atoms in total. The Balaban J connectivity index is 1.16. The molecule has 0 saturated carbocycles. The van der Waals surface area contributed by atoms with E-state index in [0.29, 0.717) is 0 Å². The molecule has 0 bridgehead atoms. The minimum atomic E-state index is 0.0862. The SMILES string of the molecule is Cc1cc(-c2ccc3ccccc3c2Nc2ccc(-c3ccccc3)cc2)c2c(c1)N(c1cc3c(cc1C)C(C)(C)CCC3(C)C)c1c(sc3cc4c(cc13)C(C)(C)CCC4(C)C)B2. The lowest BCUT2D eigenvalue weighted by atomic mass is 9.61. The molecule has 7 aromatic carbocycles. The van der Waals surface area contributed by atoms with Gasteiger partial charge < -0.3 is 10.2 Å². The molecular formula is C60H61BN2S. The van der Waals surface area contributed by atoms with Gasteiger partial charge in [-0.1, -0.05) is 146 Å². The highest BCUT2D eigenvalue weighted by atomic mass is 32.1. The van der Waals surface area contributed by atoms with Gasteiger partial charge in [-0.3, -0.25) is 0 Å². The maximum absolute atomic E-state index is 4.00. The van der Waals surface area contributed by atoms with Gasteiger partial charge in [-0.25, -0.2) is 0 Å². The van der Waals surface area contributed by atoms with Crippen LogP contribution in [0.4, 0.5) is 28.4 Å². The van der Waals surface area contributed by atoms with Crippen LogP contribution in [-0.4, -0.2) is 7.28 Å². The zero-order chi connectivity index (χ0) is 44.5. The van der Waals surface area contributed by atoms with E-state index in [1.54, 1.807) is 0 Å². The van der Waals surface area contributed by atoms with Crippen molar-refractivity contribution in [3.8, 4) is 22.3 Å². The van der Waals surface area contributed by atoms with Crippen molar-refractivity contribution in [1.29, 1.82) is 0 Å². The molecule has 2 aliphatic carbocycles. The molecule has 0 spiro atoms. The first-order chi connectivity index (χ1) is 30.5. The second-order valence-electron chi connectivity index (χ2n) is 22.1. The van der Waals surface area contributed by atoms with Gasteiger partial charge in [0.15, 0.2) is 0 Å². The van der Waals surface area contributed by atoms with E-state index in [1.165, 1.54) is 129 Å². The Labute approximate surface area is 386 Å². The number of hydrogen-bond acceptors (Lipinski definition) is 3. The lowest BCUT2D eigenvalue weighted by molar-refractivity contribution is 0.332. The van der Waals surface area contributed by atoms with Gasteiger partial charge in [-0.15, -0.1) is 11.3 Å². The zero-order valence-corrected chi connectivity index (χ0v) is 40.3. The Morgan fingerprint density at radius 2 is 1.12 bits per heavy atom. The van der Waals surface area contributed by atoms with Crippen LogP contribution in [0.3, 0.4) is 0 Å². The molecule has 320 valence electrons. The summed E-state index contributed by atoms with van der Waals surface area (Å²) in [5, 5.41) is 7.86. The summed E-state index contributed by atoms with van der Waals surface area (Å²) in [4.78, 5) is 2.72. The number of nitrogens with zero attached hydrogens (tertiary/aromatic N) is 1. The Morgan fingerprint density at radius 3 is 1.81 bits per heavy atom. The van der Waals surface area contributed by atoms with Crippen LogP contribution < -0.4 is 20.5 Å². The van der Waals surface area contributed by atoms with Crippen LogP contribution in [0, 0.1) is 13.8 Å². The molecular weight excluding hydrogens is 792 g/mol.